The Hall–Kier alpha value is -1.69. The minimum absolute atomic E-state index is 0.313. The lowest BCUT2D eigenvalue weighted by atomic mass is 9.92. The van der Waals surface area contributed by atoms with Crippen molar-refractivity contribution in [3.05, 3.63) is 18.6 Å². The number of carbonyl (C=O) groups is 1. The first-order valence-corrected chi connectivity index (χ1v) is 5.76. The van der Waals surface area contributed by atoms with Gasteiger partial charge in [0.2, 0.25) is 0 Å². The maximum Gasteiger partial charge on any atom is 0.416 e. The van der Waals surface area contributed by atoms with E-state index in [0.717, 1.165) is 25.9 Å². The van der Waals surface area contributed by atoms with Gasteiger partial charge in [-0.15, -0.1) is 0 Å². The van der Waals surface area contributed by atoms with Crippen LogP contribution in [0.1, 0.15) is 12.8 Å². The number of hydrogen-bond acceptors (Lipinski definition) is 5. The average Bonchev–Trinajstić information content (AvgIpc) is 2.68. The van der Waals surface area contributed by atoms with Crippen LogP contribution in [0, 0.1) is 0 Å². The van der Waals surface area contributed by atoms with Crippen molar-refractivity contribution in [1.29, 1.82) is 0 Å². The van der Waals surface area contributed by atoms with E-state index in [1.807, 2.05) is 0 Å². The summed E-state index contributed by atoms with van der Waals surface area (Å²) < 4.78 is 5.54. The zero-order valence-corrected chi connectivity index (χ0v) is 9.43. The minimum atomic E-state index is -0.333. The minimum Gasteiger partial charge on any atom is -0.440 e. The van der Waals surface area contributed by atoms with Crippen LogP contribution in [-0.2, 0) is 4.74 Å². The summed E-state index contributed by atoms with van der Waals surface area (Å²) in [4.78, 5) is 21.5. The Morgan fingerprint density at radius 1 is 1.35 bits per heavy atom. The number of rotatable bonds is 1. The lowest BCUT2D eigenvalue weighted by Gasteiger charge is -2.31. The summed E-state index contributed by atoms with van der Waals surface area (Å²) in [5, 5.41) is 3.27. The second-order valence-corrected chi connectivity index (χ2v) is 4.45. The molecule has 3 rings (SSSR count). The third-order valence-corrected chi connectivity index (χ3v) is 3.31. The molecule has 0 atom stereocenters. The molecule has 0 unspecified atom stereocenters. The molecule has 90 valence electrons. The Balaban J connectivity index is 1.82. The molecule has 1 spiro atoms. The second-order valence-electron chi connectivity index (χ2n) is 4.45. The van der Waals surface area contributed by atoms with Crippen LogP contribution in [0.25, 0.3) is 0 Å². The number of anilines is 1. The fourth-order valence-electron chi connectivity index (χ4n) is 2.37. The highest BCUT2D eigenvalue weighted by Gasteiger charge is 2.46. The Labute approximate surface area is 99.0 Å². The number of amides is 1. The number of ether oxygens (including phenoxy) is 1. The third kappa shape index (κ3) is 1.84. The Morgan fingerprint density at radius 2 is 2.18 bits per heavy atom. The number of carbonyl (C=O) groups excluding carboxylic acids is 1. The monoisotopic (exact) mass is 234 g/mol. The molecule has 0 saturated carbocycles. The summed E-state index contributed by atoms with van der Waals surface area (Å²) in [6.45, 7) is 2.36. The number of nitrogens with zero attached hydrogens (tertiary/aromatic N) is 3. The summed E-state index contributed by atoms with van der Waals surface area (Å²) in [7, 11) is 0. The fourth-order valence-corrected chi connectivity index (χ4v) is 2.37. The van der Waals surface area contributed by atoms with Gasteiger partial charge in [-0.1, -0.05) is 0 Å². The van der Waals surface area contributed by atoms with Crippen LogP contribution in [0.15, 0.2) is 18.6 Å². The van der Waals surface area contributed by atoms with E-state index in [0.29, 0.717) is 12.4 Å². The van der Waals surface area contributed by atoms with E-state index >= 15 is 0 Å². The van der Waals surface area contributed by atoms with Crippen LogP contribution >= 0.6 is 0 Å². The van der Waals surface area contributed by atoms with Crippen LogP contribution in [-0.4, -0.2) is 41.3 Å². The molecule has 0 aromatic carbocycles. The van der Waals surface area contributed by atoms with Crippen LogP contribution in [0.5, 0.6) is 0 Å². The molecule has 0 bridgehead atoms. The zero-order valence-electron chi connectivity index (χ0n) is 9.43. The molecule has 1 aromatic rings. The van der Waals surface area contributed by atoms with E-state index in [1.54, 1.807) is 23.5 Å². The fraction of sp³-hybridized carbons (Fsp3) is 0.545. The van der Waals surface area contributed by atoms with E-state index in [9.17, 15) is 4.79 Å². The molecule has 6 heteroatoms. The van der Waals surface area contributed by atoms with Gasteiger partial charge in [0.1, 0.15) is 5.60 Å². The van der Waals surface area contributed by atoms with Crippen molar-refractivity contribution in [3.63, 3.8) is 0 Å². The van der Waals surface area contributed by atoms with Gasteiger partial charge in [0.15, 0.2) is 5.82 Å². The molecule has 0 aliphatic carbocycles. The molecule has 2 aliphatic heterocycles. The molecule has 0 radical (unpaired) electrons. The van der Waals surface area contributed by atoms with Gasteiger partial charge in [0, 0.05) is 25.2 Å². The molecule has 2 aliphatic rings. The van der Waals surface area contributed by atoms with Gasteiger partial charge < -0.3 is 10.1 Å². The second kappa shape index (κ2) is 3.96. The molecule has 6 nitrogen and oxygen atoms in total. The van der Waals surface area contributed by atoms with Crippen molar-refractivity contribution >= 4 is 11.9 Å². The molecule has 2 fully saturated rings. The normalized spacial score (nSPS) is 22.8. The highest BCUT2D eigenvalue weighted by atomic mass is 16.6. The molecule has 3 heterocycles. The topological polar surface area (TPSA) is 67.3 Å². The summed E-state index contributed by atoms with van der Waals surface area (Å²) in [6.07, 6.45) is 6.15. The van der Waals surface area contributed by atoms with E-state index in [2.05, 4.69) is 15.3 Å². The first-order valence-electron chi connectivity index (χ1n) is 5.76. The van der Waals surface area contributed by atoms with E-state index in [-0.39, 0.29) is 11.7 Å². The van der Waals surface area contributed by atoms with E-state index in [4.69, 9.17) is 4.74 Å². The molecule has 2 saturated heterocycles. The van der Waals surface area contributed by atoms with Gasteiger partial charge in [0.05, 0.1) is 12.7 Å². The summed E-state index contributed by atoms with van der Waals surface area (Å²) in [5.74, 6) is 0.563. The maximum absolute atomic E-state index is 11.9. The molecule has 17 heavy (non-hydrogen) atoms. The Morgan fingerprint density at radius 3 is 2.88 bits per heavy atom. The Bertz CT molecular complexity index is 417. The van der Waals surface area contributed by atoms with Crippen molar-refractivity contribution in [2.45, 2.75) is 18.4 Å². The van der Waals surface area contributed by atoms with Gasteiger partial charge in [-0.2, -0.15) is 0 Å². The van der Waals surface area contributed by atoms with Crippen molar-refractivity contribution < 1.29 is 9.53 Å². The third-order valence-electron chi connectivity index (χ3n) is 3.31. The summed E-state index contributed by atoms with van der Waals surface area (Å²) in [6, 6.07) is 0. The largest absolute Gasteiger partial charge is 0.440 e. The number of aromatic nitrogens is 2. The lowest BCUT2D eigenvalue weighted by molar-refractivity contribution is 0.0316. The highest BCUT2D eigenvalue weighted by Crippen LogP contribution is 2.32. The molecular formula is C11H14N4O2. The Kier molecular flexibility index (Phi) is 2.44. The van der Waals surface area contributed by atoms with Crippen LogP contribution in [0.3, 0.4) is 0 Å². The predicted octanol–water partition coefficient (Wildman–Crippen LogP) is 0.555. The first-order chi connectivity index (χ1) is 8.29. The van der Waals surface area contributed by atoms with Crippen molar-refractivity contribution in [1.82, 2.24) is 15.3 Å². The first kappa shape index (κ1) is 10.5. The smallest absolute Gasteiger partial charge is 0.416 e. The summed E-state index contributed by atoms with van der Waals surface area (Å²) in [5.41, 5.74) is -0.333. The van der Waals surface area contributed by atoms with E-state index < -0.39 is 0 Å². The molecular weight excluding hydrogens is 220 g/mol. The van der Waals surface area contributed by atoms with Gasteiger partial charge in [-0.25, -0.2) is 9.78 Å². The average molecular weight is 234 g/mol. The molecule has 1 aromatic heterocycles. The van der Waals surface area contributed by atoms with Gasteiger partial charge in [0.25, 0.3) is 0 Å². The molecule has 1 N–H and O–H groups in total. The maximum atomic E-state index is 11.9. The lowest BCUT2D eigenvalue weighted by Crippen LogP contribution is -2.44. The quantitative estimate of drug-likeness (QED) is 0.768. The van der Waals surface area contributed by atoms with Crippen molar-refractivity contribution in [2.75, 3.05) is 24.5 Å². The van der Waals surface area contributed by atoms with Crippen molar-refractivity contribution in [3.8, 4) is 0 Å². The molecule has 1 amide bonds. The van der Waals surface area contributed by atoms with E-state index in [1.165, 1.54) is 0 Å². The number of hydrogen-bond donors (Lipinski definition) is 1. The van der Waals surface area contributed by atoms with Gasteiger partial charge in [-0.3, -0.25) is 9.88 Å². The highest BCUT2D eigenvalue weighted by molar-refractivity contribution is 5.88. The van der Waals surface area contributed by atoms with Gasteiger partial charge >= 0.3 is 6.09 Å². The van der Waals surface area contributed by atoms with Crippen LogP contribution in [0.4, 0.5) is 10.6 Å². The predicted molar refractivity (Wildman–Crippen MR) is 60.7 cm³/mol. The van der Waals surface area contributed by atoms with Crippen LogP contribution in [0.2, 0.25) is 0 Å². The zero-order chi connectivity index (χ0) is 11.7. The summed E-state index contributed by atoms with van der Waals surface area (Å²) >= 11 is 0. The van der Waals surface area contributed by atoms with Crippen molar-refractivity contribution in [2.24, 2.45) is 0 Å². The van der Waals surface area contributed by atoms with Gasteiger partial charge in [-0.05, 0) is 13.1 Å². The standard InChI is InChI=1S/C11H14N4O2/c16-10-15(9-7-13-5-6-14-9)8-11(17-10)1-3-12-4-2-11/h5-7,12H,1-4,8H2. The number of nitrogens with one attached hydrogen (secondary N) is 1. The number of piperidine rings is 1. The van der Waals surface area contributed by atoms with Crippen LogP contribution < -0.4 is 10.2 Å². The SMILES string of the molecule is O=C1OC2(CCNCC2)CN1c1cnccn1.